The van der Waals surface area contributed by atoms with E-state index in [0.717, 1.165) is 29.0 Å². The number of nitrogens with zero attached hydrogens (tertiary/aromatic N) is 2. The number of benzene rings is 3. The third-order valence-corrected chi connectivity index (χ3v) is 7.59. The first-order chi connectivity index (χ1) is 15.3. The van der Waals surface area contributed by atoms with Gasteiger partial charge in [-0.1, -0.05) is 41.7 Å². The van der Waals surface area contributed by atoms with Gasteiger partial charge < -0.3 is 0 Å². The van der Waals surface area contributed by atoms with Crippen molar-refractivity contribution >= 4 is 42.4 Å². The zero-order valence-electron chi connectivity index (χ0n) is 16.7. The van der Waals surface area contributed by atoms with Crippen LogP contribution in [0.15, 0.2) is 77.7 Å². The van der Waals surface area contributed by atoms with E-state index in [1.165, 1.54) is 35.2 Å². The second kappa shape index (κ2) is 9.13. The van der Waals surface area contributed by atoms with Gasteiger partial charge in [0.05, 0.1) is 27.4 Å². The first kappa shape index (κ1) is 22.0. The van der Waals surface area contributed by atoms with Crippen molar-refractivity contribution in [1.29, 1.82) is 0 Å². The highest BCUT2D eigenvalue weighted by molar-refractivity contribution is 7.91. The third-order valence-electron chi connectivity index (χ3n) is 4.81. The van der Waals surface area contributed by atoms with Gasteiger partial charge in [0.15, 0.2) is 15.0 Å². The molecule has 9 heteroatoms. The van der Waals surface area contributed by atoms with Gasteiger partial charge in [-0.05, 0) is 48.0 Å². The Hall–Kier alpha value is -3.17. The fourth-order valence-corrected chi connectivity index (χ4v) is 5.38. The molecule has 0 atom stereocenters. The van der Waals surface area contributed by atoms with Crippen LogP contribution in [-0.2, 0) is 21.2 Å². The molecule has 4 aromatic rings. The Morgan fingerprint density at radius 1 is 0.938 bits per heavy atom. The van der Waals surface area contributed by atoms with Gasteiger partial charge in [-0.15, -0.1) is 0 Å². The molecule has 3 aromatic carbocycles. The van der Waals surface area contributed by atoms with E-state index >= 15 is 0 Å². The molecule has 1 heterocycles. The first-order valence-corrected chi connectivity index (χ1v) is 12.2. The van der Waals surface area contributed by atoms with Crippen molar-refractivity contribution in [3.63, 3.8) is 0 Å². The lowest BCUT2D eigenvalue weighted by Crippen LogP contribution is -2.31. The second-order valence-electron chi connectivity index (χ2n) is 7.10. The molecule has 1 aromatic heterocycles. The molecule has 4 rings (SSSR count). The summed E-state index contributed by atoms with van der Waals surface area (Å²) < 4.78 is 52.5. The summed E-state index contributed by atoms with van der Waals surface area (Å²) in [7, 11) is -3.77. The minimum atomic E-state index is -3.77. The summed E-state index contributed by atoms with van der Waals surface area (Å²) in [6.07, 6.45) is -0.281. The monoisotopic (exact) mass is 472 g/mol. The quantitative estimate of drug-likeness (QED) is 0.356. The largest absolute Gasteiger partial charge is 0.284 e. The van der Waals surface area contributed by atoms with E-state index in [4.69, 9.17) is 0 Å². The molecule has 0 aliphatic heterocycles. The molecule has 0 radical (unpaired) electrons. The molecule has 0 unspecified atom stereocenters. The van der Waals surface area contributed by atoms with Crippen molar-refractivity contribution in [2.24, 2.45) is 0 Å². The van der Waals surface area contributed by atoms with E-state index in [1.807, 2.05) is 30.3 Å². The lowest BCUT2D eigenvalue weighted by Gasteiger charge is -2.20. The Labute approximate surface area is 187 Å². The summed E-state index contributed by atoms with van der Waals surface area (Å²) in [5.41, 5.74) is 1.39. The number of halogens is 2. The fourth-order valence-electron chi connectivity index (χ4n) is 3.15. The minimum Gasteiger partial charge on any atom is -0.284 e. The average molecular weight is 473 g/mol. The Morgan fingerprint density at radius 3 is 2.34 bits per heavy atom. The predicted octanol–water partition coefficient (Wildman–Crippen LogP) is 4.97. The molecule has 0 N–H and O–H groups in total. The van der Waals surface area contributed by atoms with Crippen LogP contribution in [0.5, 0.6) is 0 Å². The summed E-state index contributed by atoms with van der Waals surface area (Å²) in [5, 5.41) is 0.360. The van der Waals surface area contributed by atoms with Gasteiger partial charge in [0.2, 0.25) is 5.91 Å². The van der Waals surface area contributed by atoms with Crippen LogP contribution >= 0.6 is 11.3 Å². The van der Waals surface area contributed by atoms with Crippen molar-refractivity contribution in [1.82, 2.24) is 4.98 Å². The van der Waals surface area contributed by atoms with Gasteiger partial charge in [-0.3, -0.25) is 9.69 Å². The van der Waals surface area contributed by atoms with Gasteiger partial charge in [0, 0.05) is 6.42 Å². The fraction of sp³-hybridized carbons (Fsp3) is 0.130. The summed E-state index contributed by atoms with van der Waals surface area (Å²) in [6.45, 7) is 0.193. The van der Waals surface area contributed by atoms with E-state index in [-0.39, 0.29) is 17.9 Å². The van der Waals surface area contributed by atoms with Crippen LogP contribution in [-0.4, -0.2) is 25.1 Å². The lowest BCUT2D eigenvalue weighted by atomic mass is 10.2. The standard InChI is InChI=1S/C23H18F2N2O3S2/c24-17-6-9-19(10-7-17)32(29,30)13-12-22(28)27(15-16-4-2-1-3-5-16)23-26-20-11-8-18(25)14-21(20)31-23/h1-11,14H,12-13,15H2. The number of hydrogen-bond acceptors (Lipinski definition) is 5. The first-order valence-electron chi connectivity index (χ1n) is 9.70. The molecule has 0 spiro atoms. The summed E-state index contributed by atoms with van der Waals surface area (Å²) in [6, 6.07) is 17.9. The Bertz CT molecular complexity index is 1360. The number of rotatable bonds is 7. The number of fused-ring (bicyclic) bond motifs is 1. The Kier molecular flexibility index (Phi) is 6.29. The molecular weight excluding hydrogens is 454 g/mol. The van der Waals surface area contributed by atoms with Gasteiger partial charge in [0.25, 0.3) is 0 Å². The molecular formula is C23H18F2N2O3S2. The molecule has 164 valence electrons. The van der Waals surface area contributed by atoms with Crippen LogP contribution in [0, 0.1) is 11.6 Å². The summed E-state index contributed by atoms with van der Waals surface area (Å²) >= 11 is 1.16. The highest BCUT2D eigenvalue weighted by Crippen LogP contribution is 2.31. The summed E-state index contributed by atoms with van der Waals surface area (Å²) in [5.74, 6) is -1.80. The van der Waals surface area contributed by atoms with Crippen LogP contribution in [0.2, 0.25) is 0 Å². The molecule has 5 nitrogen and oxygen atoms in total. The molecule has 0 fully saturated rings. The van der Waals surface area contributed by atoms with Crippen LogP contribution in [0.1, 0.15) is 12.0 Å². The SMILES string of the molecule is O=C(CCS(=O)(=O)c1ccc(F)cc1)N(Cc1ccccc1)c1nc2ccc(F)cc2s1. The van der Waals surface area contributed by atoms with Crippen LogP contribution in [0.3, 0.4) is 0 Å². The topological polar surface area (TPSA) is 67.3 Å². The van der Waals surface area contributed by atoms with Crippen molar-refractivity contribution < 1.29 is 22.0 Å². The maximum Gasteiger partial charge on any atom is 0.230 e. The second-order valence-corrected chi connectivity index (χ2v) is 10.2. The number of aromatic nitrogens is 1. The number of amides is 1. The van der Waals surface area contributed by atoms with E-state index < -0.39 is 33.1 Å². The number of hydrogen-bond donors (Lipinski definition) is 0. The van der Waals surface area contributed by atoms with E-state index in [9.17, 15) is 22.0 Å². The summed E-state index contributed by atoms with van der Waals surface area (Å²) in [4.78, 5) is 18.9. The smallest absolute Gasteiger partial charge is 0.230 e. The molecule has 0 aliphatic rings. The molecule has 1 amide bonds. The molecule has 0 saturated heterocycles. The number of anilines is 1. The number of thiazole rings is 1. The normalized spacial score (nSPS) is 11.6. The molecule has 0 bridgehead atoms. The molecule has 0 saturated carbocycles. The van der Waals surface area contributed by atoms with Crippen molar-refractivity contribution in [3.05, 3.63) is 90.0 Å². The number of sulfone groups is 1. The van der Waals surface area contributed by atoms with E-state index in [2.05, 4.69) is 4.98 Å². The zero-order valence-corrected chi connectivity index (χ0v) is 18.4. The predicted molar refractivity (Wildman–Crippen MR) is 120 cm³/mol. The highest BCUT2D eigenvalue weighted by Gasteiger charge is 2.23. The van der Waals surface area contributed by atoms with E-state index in [1.54, 1.807) is 0 Å². The van der Waals surface area contributed by atoms with Gasteiger partial charge in [-0.2, -0.15) is 0 Å². The molecule has 32 heavy (non-hydrogen) atoms. The van der Waals surface area contributed by atoms with E-state index in [0.29, 0.717) is 15.3 Å². The maximum atomic E-state index is 13.6. The highest BCUT2D eigenvalue weighted by atomic mass is 32.2. The van der Waals surface area contributed by atoms with Crippen LogP contribution in [0.4, 0.5) is 13.9 Å². The van der Waals surface area contributed by atoms with Gasteiger partial charge in [-0.25, -0.2) is 22.2 Å². The minimum absolute atomic E-state index is 0.0447. The van der Waals surface area contributed by atoms with Crippen molar-refractivity contribution in [2.75, 3.05) is 10.7 Å². The van der Waals surface area contributed by atoms with Crippen LogP contribution < -0.4 is 4.90 Å². The van der Waals surface area contributed by atoms with Crippen molar-refractivity contribution in [2.45, 2.75) is 17.9 Å². The number of carbonyl (C=O) groups excluding carboxylic acids is 1. The Balaban J connectivity index is 1.60. The maximum absolute atomic E-state index is 13.6. The van der Waals surface area contributed by atoms with Gasteiger partial charge in [0.1, 0.15) is 11.6 Å². The number of carbonyl (C=O) groups is 1. The Morgan fingerprint density at radius 2 is 1.62 bits per heavy atom. The zero-order chi connectivity index (χ0) is 22.7. The van der Waals surface area contributed by atoms with Crippen LogP contribution in [0.25, 0.3) is 10.2 Å². The third kappa shape index (κ3) is 5.00. The average Bonchev–Trinajstić information content (AvgIpc) is 3.19. The van der Waals surface area contributed by atoms with Crippen molar-refractivity contribution in [3.8, 4) is 0 Å². The molecule has 0 aliphatic carbocycles. The lowest BCUT2D eigenvalue weighted by molar-refractivity contribution is -0.118. The van der Waals surface area contributed by atoms with Gasteiger partial charge >= 0.3 is 0 Å².